The fourth-order valence-electron chi connectivity index (χ4n) is 2.35. The van der Waals surface area contributed by atoms with Gasteiger partial charge in [-0.1, -0.05) is 45.4 Å². The van der Waals surface area contributed by atoms with Crippen molar-refractivity contribution >= 4 is 0 Å². The Bertz CT molecular complexity index is 396. The largest absolute Gasteiger partial charge is 0.496 e. The first-order chi connectivity index (χ1) is 8.84. The summed E-state index contributed by atoms with van der Waals surface area (Å²) in [6.07, 6.45) is 2.22. The van der Waals surface area contributed by atoms with E-state index in [2.05, 4.69) is 58.1 Å². The molecule has 0 fully saturated rings. The van der Waals surface area contributed by atoms with Gasteiger partial charge in [0.05, 0.1) is 7.11 Å². The predicted octanol–water partition coefficient (Wildman–Crippen LogP) is 3.96. The topological polar surface area (TPSA) is 21.3 Å². The highest BCUT2D eigenvalue weighted by molar-refractivity contribution is 5.37. The van der Waals surface area contributed by atoms with Gasteiger partial charge in [0.1, 0.15) is 5.75 Å². The van der Waals surface area contributed by atoms with Crippen LogP contribution in [0.2, 0.25) is 0 Å². The smallest absolute Gasteiger partial charge is 0.122 e. The van der Waals surface area contributed by atoms with Crippen molar-refractivity contribution in [3.8, 4) is 5.75 Å². The molecule has 19 heavy (non-hydrogen) atoms. The van der Waals surface area contributed by atoms with Crippen molar-refractivity contribution in [2.75, 3.05) is 13.7 Å². The molecule has 0 atom stereocenters. The van der Waals surface area contributed by atoms with Gasteiger partial charge in [0.15, 0.2) is 0 Å². The maximum Gasteiger partial charge on any atom is 0.122 e. The van der Waals surface area contributed by atoms with Gasteiger partial charge in [-0.3, -0.25) is 0 Å². The lowest BCUT2D eigenvalue weighted by molar-refractivity contribution is 0.313. The summed E-state index contributed by atoms with van der Waals surface area (Å²) < 4.78 is 5.47. The third kappa shape index (κ3) is 5.65. The lowest BCUT2D eigenvalue weighted by Gasteiger charge is -2.26. The van der Waals surface area contributed by atoms with Gasteiger partial charge in [0.25, 0.3) is 0 Å². The first kappa shape index (κ1) is 16.0. The van der Waals surface area contributed by atoms with E-state index in [0.29, 0.717) is 6.04 Å². The molecule has 108 valence electrons. The van der Waals surface area contributed by atoms with Crippen LogP contribution >= 0.6 is 0 Å². The average Bonchev–Trinajstić information content (AvgIpc) is 2.27. The highest BCUT2D eigenvalue weighted by Gasteiger charge is 2.20. The second-order valence-electron chi connectivity index (χ2n) is 6.52. The molecule has 0 unspecified atom stereocenters. The zero-order valence-electron chi connectivity index (χ0n) is 13.3. The highest BCUT2D eigenvalue weighted by atomic mass is 16.5. The van der Waals surface area contributed by atoms with Gasteiger partial charge in [-0.2, -0.15) is 0 Å². The van der Waals surface area contributed by atoms with E-state index in [1.54, 1.807) is 7.11 Å². The Morgan fingerprint density at radius 1 is 1.26 bits per heavy atom. The fraction of sp³-hybridized carbons (Fsp3) is 0.647. The molecule has 0 amide bonds. The third-order valence-electron chi connectivity index (χ3n) is 3.46. The number of ether oxygens (including phenoxy) is 1. The molecule has 0 heterocycles. The van der Waals surface area contributed by atoms with E-state index in [-0.39, 0.29) is 5.41 Å². The zero-order valence-corrected chi connectivity index (χ0v) is 13.3. The summed E-state index contributed by atoms with van der Waals surface area (Å²) in [4.78, 5) is 0. The van der Waals surface area contributed by atoms with Gasteiger partial charge in [-0.05, 0) is 43.4 Å². The molecule has 0 saturated carbocycles. The number of aryl methyl sites for hydroxylation is 1. The van der Waals surface area contributed by atoms with E-state index < -0.39 is 0 Å². The molecule has 0 bridgehead atoms. The molecule has 0 aliphatic carbocycles. The summed E-state index contributed by atoms with van der Waals surface area (Å²) in [5.74, 6) is 1.01. The van der Waals surface area contributed by atoms with Crippen molar-refractivity contribution in [3.05, 3.63) is 29.3 Å². The molecule has 1 N–H and O–H groups in total. The number of nitrogens with one attached hydrogen (secondary N) is 1. The van der Waals surface area contributed by atoms with E-state index in [4.69, 9.17) is 4.74 Å². The normalized spacial score (nSPS) is 11.9. The van der Waals surface area contributed by atoms with E-state index in [1.807, 2.05) is 0 Å². The Morgan fingerprint density at radius 2 is 1.95 bits per heavy atom. The Labute approximate surface area is 118 Å². The maximum absolute atomic E-state index is 5.47. The minimum Gasteiger partial charge on any atom is -0.496 e. The summed E-state index contributed by atoms with van der Waals surface area (Å²) in [6, 6.07) is 6.99. The minimum atomic E-state index is 0.281. The lowest BCUT2D eigenvalue weighted by Crippen LogP contribution is -2.28. The highest BCUT2D eigenvalue weighted by Crippen LogP contribution is 2.30. The molecule has 1 rings (SSSR count). The van der Waals surface area contributed by atoms with Gasteiger partial charge < -0.3 is 10.1 Å². The Kier molecular flexibility index (Phi) is 5.86. The summed E-state index contributed by atoms with van der Waals surface area (Å²) >= 11 is 0. The molecule has 2 heteroatoms. The van der Waals surface area contributed by atoms with E-state index in [1.165, 1.54) is 17.5 Å². The quantitative estimate of drug-likeness (QED) is 0.804. The van der Waals surface area contributed by atoms with Crippen LogP contribution in [0, 0.1) is 12.3 Å². The fourth-order valence-corrected chi connectivity index (χ4v) is 2.35. The van der Waals surface area contributed by atoms with Gasteiger partial charge in [0.2, 0.25) is 0 Å². The molecule has 0 aliphatic rings. The van der Waals surface area contributed by atoms with Crippen molar-refractivity contribution < 1.29 is 4.74 Å². The van der Waals surface area contributed by atoms with Gasteiger partial charge >= 0.3 is 0 Å². The van der Waals surface area contributed by atoms with Crippen molar-refractivity contribution in [2.45, 2.75) is 53.5 Å². The molecular weight excluding hydrogens is 234 g/mol. The van der Waals surface area contributed by atoms with E-state index in [0.717, 1.165) is 18.7 Å². The first-order valence-corrected chi connectivity index (χ1v) is 7.21. The van der Waals surface area contributed by atoms with Crippen LogP contribution < -0.4 is 10.1 Å². The van der Waals surface area contributed by atoms with Crippen molar-refractivity contribution in [1.29, 1.82) is 0 Å². The molecule has 0 aliphatic heterocycles. The first-order valence-electron chi connectivity index (χ1n) is 7.21. The summed E-state index contributed by atoms with van der Waals surface area (Å²) in [7, 11) is 1.75. The van der Waals surface area contributed by atoms with Crippen LogP contribution in [0.1, 0.15) is 45.2 Å². The zero-order chi connectivity index (χ0) is 14.5. The van der Waals surface area contributed by atoms with Gasteiger partial charge in [0, 0.05) is 6.04 Å². The molecule has 1 aromatic carbocycles. The van der Waals surface area contributed by atoms with E-state index in [9.17, 15) is 0 Å². The number of methoxy groups -OCH3 is 1. The average molecular weight is 263 g/mol. The van der Waals surface area contributed by atoms with Crippen LogP contribution in [0.4, 0.5) is 0 Å². The van der Waals surface area contributed by atoms with Crippen molar-refractivity contribution in [3.63, 3.8) is 0 Å². The molecular formula is C17H29NO. The number of benzene rings is 1. The van der Waals surface area contributed by atoms with Crippen LogP contribution in [-0.4, -0.2) is 19.7 Å². The van der Waals surface area contributed by atoms with Gasteiger partial charge in [-0.25, -0.2) is 0 Å². The van der Waals surface area contributed by atoms with Crippen LogP contribution in [0.15, 0.2) is 18.2 Å². The number of hydrogen-bond donors (Lipinski definition) is 1. The Balaban J connectivity index is 2.68. The summed E-state index contributed by atoms with van der Waals surface area (Å²) in [5, 5.41) is 3.50. The second-order valence-corrected chi connectivity index (χ2v) is 6.52. The molecule has 0 radical (unpaired) electrons. The Hall–Kier alpha value is -1.02. The minimum absolute atomic E-state index is 0.281. The standard InChI is InChI=1S/C17H29NO/c1-13(2)18-10-9-17(4,5)12-15-11-14(3)7-8-16(15)19-6/h7-8,11,13,18H,9-10,12H2,1-6H3. The molecule has 0 saturated heterocycles. The second kappa shape index (κ2) is 6.95. The number of rotatable bonds is 7. The SMILES string of the molecule is COc1ccc(C)cc1CC(C)(C)CCNC(C)C. The Morgan fingerprint density at radius 3 is 2.53 bits per heavy atom. The van der Waals surface area contributed by atoms with E-state index >= 15 is 0 Å². The van der Waals surface area contributed by atoms with Crippen LogP contribution in [-0.2, 0) is 6.42 Å². The molecule has 2 nitrogen and oxygen atoms in total. The van der Waals surface area contributed by atoms with Crippen molar-refractivity contribution in [2.24, 2.45) is 5.41 Å². The maximum atomic E-state index is 5.47. The monoisotopic (exact) mass is 263 g/mol. The van der Waals surface area contributed by atoms with Crippen LogP contribution in [0.3, 0.4) is 0 Å². The molecule has 0 aromatic heterocycles. The third-order valence-corrected chi connectivity index (χ3v) is 3.46. The summed E-state index contributed by atoms with van der Waals surface area (Å²) in [5.41, 5.74) is 2.90. The van der Waals surface area contributed by atoms with Crippen molar-refractivity contribution in [1.82, 2.24) is 5.32 Å². The lowest BCUT2D eigenvalue weighted by atomic mass is 9.82. The number of hydrogen-bond acceptors (Lipinski definition) is 2. The molecule has 1 aromatic rings. The molecule has 0 spiro atoms. The van der Waals surface area contributed by atoms with Crippen LogP contribution in [0.25, 0.3) is 0 Å². The summed E-state index contributed by atoms with van der Waals surface area (Å²) in [6.45, 7) is 12.2. The van der Waals surface area contributed by atoms with Crippen LogP contribution in [0.5, 0.6) is 5.75 Å². The van der Waals surface area contributed by atoms with Gasteiger partial charge in [-0.15, -0.1) is 0 Å². The predicted molar refractivity (Wildman–Crippen MR) is 83.0 cm³/mol.